The molecule has 5 heteroatoms. The van der Waals surface area contributed by atoms with Gasteiger partial charge in [-0.05, 0) is 99.4 Å². The lowest BCUT2D eigenvalue weighted by Gasteiger charge is -2.14. The Kier molecular flexibility index (Phi) is 8.42. The molecule has 5 nitrogen and oxygen atoms in total. The molecular formula is C57H37N5. The van der Waals surface area contributed by atoms with Crippen molar-refractivity contribution < 1.29 is 0 Å². The van der Waals surface area contributed by atoms with Crippen LogP contribution in [-0.2, 0) is 0 Å². The maximum atomic E-state index is 5.17. The van der Waals surface area contributed by atoms with Crippen molar-refractivity contribution >= 4 is 38.1 Å². The zero-order valence-electron chi connectivity index (χ0n) is 33.6. The van der Waals surface area contributed by atoms with Crippen LogP contribution in [0.3, 0.4) is 0 Å². The molecule has 0 radical (unpaired) electrons. The van der Waals surface area contributed by atoms with E-state index in [1.54, 1.807) is 0 Å². The highest BCUT2D eigenvalue weighted by molar-refractivity contribution is 6.17. The van der Waals surface area contributed by atoms with Crippen LogP contribution in [0.1, 0.15) is 0 Å². The fraction of sp³-hybridized carbons (Fsp3) is 0. The first-order valence-electron chi connectivity index (χ1n) is 20.9. The quantitative estimate of drug-likeness (QED) is 0.151. The number of benzene rings is 7. The Bertz CT molecular complexity index is 3590. The fourth-order valence-corrected chi connectivity index (χ4v) is 9.16. The van der Waals surface area contributed by atoms with Gasteiger partial charge in [-0.3, -0.25) is 9.38 Å². The smallest absolute Gasteiger partial charge is 0.137 e. The van der Waals surface area contributed by atoms with Gasteiger partial charge in [0.15, 0.2) is 0 Å². The summed E-state index contributed by atoms with van der Waals surface area (Å²) >= 11 is 0. The molecule has 290 valence electrons. The van der Waals surface area contributed by atoms with Gasteiger partial charge in [0.1, 0.15) is 5.65 Å². The van der Waals surface area contributed by atoms with Crippen LogP contribution in [0, 0.1) is 0 Å². The van der Waals surface area contributed by atoms with Gasteiger partial charge in [0.05, 0.1) is 34.0 Å². The van der Waals surface area contributed by atoms with Crippen LogP contribution in [0.25, 0.3) is 111 Å². The molecule has 0 unspecified atom stereocenters. The van der Waals surface area contributed by atoms with Gasteiger partial charge < -0.3 is 4.57 Å². The van der Waals surface area contributed by atoms with E-state index in [2.05, 4.69) is 208 Å². The summed E-state index contributed by atoms with van der Waals surface area (Å²) < 4.78 is 4.64. The molecule has 0 saturated carbocycles. The second kappa shape index (κ2) is 14.7. The number of nitrogens with zero attached hydrogens (tertiary/aromatic N) is 5. The largest absolute Gasteiger partial charge is 0.309 e. The summed E-state index contributed by atoms with van der Waals surface area (Å²) in [5.41, 5.74) is 16.1. The SMILES string of the molecule is c1ccc(-c2c(-c3ccccc3)n(-c3ccc(-c4nc5ccccn5c4-c4ccccc4)cc3)c3cc4ccc5cc(-c6cccc(-c7ccncc7)n6)ccc5c4cc23)cc1. The van der Waals surface area contributed by atoms with Crippen molar-refractivity contribution in [3.05, 3.63) is 225 Å². The first kappa shape index (κ1) is 35.5. The van der Waals surface area contributed by atoms with Crippen molar-refractivity contribution in [1.82, 2.24) is 23.9 Å². The number of hydrogen-bond acceptors (Lipinski definition) is 3. The summed E-state index contributed by atoms with van der Waals surface area (Å²) in [7, 11) is 0. The van der Waals surface area contributed by atoms with Crippen LogP contribution in [-0.4, -0.2) is 23.9 Å². The third kappa shape index (κ3) is 5.98. The number of aromatic nitrogens is 5. The molecule has 0 aliphatic carbocycles. The van der Waals surface area contributed by atoms with Crippen LogP contribution in [0.5, 0.6) is 0 Å². The molecule has 62 heavy (non-hydrogen) atoms. The molecule has 0 fully saturated rings. The highest BCUT2D eigenvalue weighted by atomic mass is 15.0. The second-order valence-corrected chi connectivity index (χ2v) is 15.7. The van der Waals surface area contributed by atoms with Crippen molar-refractivity contribution in [1.29, 1.82) is 0 Å². The average molecular weight is 792 g/mol. The monoisotopic (exact) mass is 791 g/mol. The number of rotatable bonds is 7. The molecule has 12 rings (SSSR count). The minimum absolute atomic E-state index is 0.920. The number of imidazole rings is 1. The van der Waals surface area contributed by atoms with E-state index in [9.17, 15) is 0 Å². The summed E-state index contributed by atoms with van der Waals surface area (Å²) in [6.45, 7) is 0. The maximum absolute atomic E-state index is 5.17. The highest BCUT2D eigenvalue weighted by Gasteiger charge is 2.23. The third-order valence-corrected chi connectivity index (χ3v) is 12.0. The first-order chi connectivity index (χ1) is 30.7. The Morgan fingerprint density at radius 3 is 1.73 bits per heavy atom. The van der Waals surface area contributed by atoms with Crippen molar-refractivity contribution in [2.75, 3.05) is 0 Å². The van der Waals surface area contributed by atoms with Gasteiger partial charge in [-0.15, -0.1) is 0 Å². The third-order valence-electron chi connectivity index (χ3n) is 12.0. The lowest BCUT2D eigenvalue weighted by atomic mass is 9.94. The summed E-state index contributed by atoms with van der Waals surface area (Å²) in [6.07, 6.45) is 5.71. The molecule has 0 amide bonds. The molecule has 0 atom stereocenters. The van der Waals surface area contributed by atoms with Crippen molar-refractivity contribution in [3.63, 3.8) is 0 Å². The highest BCUT2D eigenvalue weighted by Crippen LogP contribution is 2.45. The van der Waals surface area contributed by atoms with E-state index in [1.165, 1.54) is 38.1 Å². The van der Waals surface area contributed by atoms with Crippen LogP contribution in [0.2, 0.25) is 0 Å². The summed E-state index contributed by atoms with van der Waals surface area (Å²) in [5.74, 6) is 0. The summed E-state index contributed by atoms with van der Waals surface area (Å²) in [5, 5.41) is 5.97. The fourth-order valence-electron chi connectivity index (χ4n) is 9.16. The number of pyridine rings is 3. The molecule has 0 aliphatic heterocycles. The van der Waals surface area contributed by atoms with Crippen molar-refractivity contribution in [2.45, 2.75) is 0 Å². The lowest BCUT2D eigenvalue weighted by Crippen LogP contribution is -1.98. The van der Waals surface area contributed by atoms with E-state index in [0.29, 0.717) is 0 Å². The molecule has 7 aromatic carbocycles. The van der Waals surface area contributed by atoms with Gasteiger partial charge in [-0.25, -0.2) is 9.97 Å². The first-order valence-corrected chi connectivity index (χ1v) is 20.9. The zero-order chi connectivity index (χ0) is 41.0. The molecule has 5 heterocycles. The molecule has 0 aliphatic rings. The number of fused-ring (bicyclic) bond motifs is 5. The van der Waals surface area contributed by atoms with Crippen LogP contribution >= 0.6 is 0 Å². The zero-order valence-corrected chi connectivity index (χ0v) is 33.6. The van der Waals surface area contributed by atoms with Crippen LogP contribution < -0.4 is 0 Å². The van der Waals surface area contributed by atoms with E-state index in [4.69, 9.17) is 9.97 Å². The van der Waals surface area contributed by atoms with Crippen molar-refractivity contribution in [3.8, 4) is 73.1 Å². The van der Waals surface area contributed by atoms with Gasteiger partial charge >= 0.3 is 0 Å². The molecule has 0 spiro atoms. The van der Waals surface area contributed by atoms with Gasteiger partial charge in [0.2, 0.25) is 0 Å². The number of hydrogen-bond donors (Lipinski definition) is 0. The normalized spacial score (nSPS) is 11.5. The molecule has 0 bridgehead atoms. The van der Waals surface area contributed by atoms with E-state index < -0.39 is 0 Å². The topological polar surface area (TPSA) is 48.0 Å². The average Bonchev–Trinajstić information content (AvgIpc) is 3.91. The lowest BCUT2D eigenvalue weighted by molar-refractivity contribution is 1.14. The predicted molar refractivity (Wildman–Crippen MR) is 255 cm³/mol. The second-order valence-electron chi connectivity index (χ2n) is 15.7. The van der Waals surface area contributed by atoms with Crippen LogP contribution in [0.15, 0.2) is 225 Å². The van der Waals surface area contributed by atoms with Gasteiger partial charge in [0, 0.05) is 57.5 Å². The molecule has 5 aromatic heterocycles. The Labute approximate surface area is 358 Å². The Hall–Kier alpha value is -8.41. The van der Waals surface area contributed by atoms with E-state index in [0.717, 1.165) is 73.1 Å². The molecular weight excluding hydrogens is 755 g/mol. The molecule has 0 N–H and O–H groups in total. The summed E-state index contributed by atoms with van der Waals surface area (Å²) in [6, 6.07) is 73.5. The molecule has 12 aromatic rings. The maximum Gasteiger partial charge on any atom is 0.137 e. The Morgan fingerprint density at radius 1 is 0.371 bits per heavy atom. The van der Waals surface area contributed by atoms with E-state index in [1.807, 2.05) is 30.6 Å². The Balaban J connectivity index is 1.06. The standard InChI is InChI=1S/C57H37N5/c1-4-13-39(14-5-1)54-49-37-48-44(23-22-43-35-45(26-29-47(43)48)51-20-12-19-50(59-51)38-30-32-58-33-31-38)36-52(49)62(56(54)41-15-6-2-7-16-41)46-27-24-40(25-28-46)55-57(42-17-8-3-9-18-42)61-34-11-10-21-53(61)60-55/h1-37H. The van der Waals surface area contributed by atoms with E-state index >= 15 is 0 Å². The Morgan fingerprint density at radius 2 is 1.00 bits per heavy atom. The van der Waals surface area contributed by atoms with Gasteiger partial charge in [-0.2, -0.15) is 0 Å². The van der Waals surface area contributed by atoms with Crippen LogP contribution in [0.4, 0.5) is 0 Å². The molecule has 0 saturated heterocycles. The summed E-state index contributed by atoms with van der Waals surface area (Å²) in [4.78, 5) is 14.4. The van der Waals surface area contributed by atoms with E-state index in [-0.39, 0.29) is 0 Å². The van der Waals surface area contributed by atoms with Gasteiger partial charge in [0.25, 0.3) is 0 Å². The van der Waals surface area contributed by atoms with Gasteiger partial charge in [-0.1, -0.05) is 140 Å². The predicted octanol–water partition coefficient (Wildman–Crippen LogP) is 14.4. The van der Waals surface area contributed by atoms with Crippen molar-refractivity contribution in [2.24, 2.45) is 0 Å². The minimum Gasteiger partial charge on any atom is -0.309 e. The minimum atomic E-state index is 0.920.